The molecule has 0 aliphatic heterocycles. The highest BCUT2D eigenvalue weighted by atomic mass is 127. The first-order valence-electron chi connectivity index (χ1n) is 6.67. The lowest BCUT2D eigenvalue weighted by molar-refractivity contribution is 0.0573. The molecule has 1 rings (SSSR count). The number of halogens is 1. The zero-order valence-corrected chi connectivity index (χ0v) is 14.8. The van der Waals surface area contributed by atoms with E-state index in [0.29, 0.717) is 11.8 Å². The van der Waals surface area contributed by atoms with Crippen LogP contribution < -0.4 is 5.32 Å². The molecule has 1 heterocycles. The molecule has 4 nitrogen and oxygen atoms in total. The van der Waals surface area contributed by atoms with Crippen molar-refractivity contribution >= 4 is 28.4 Å². The van der Waals surface area contributed by atoms with Gasteiger partial charge in [-0.15, -0.1) is 0 Å². The molecule has 5 heteroatoms. The number of ether oxygens (including phenoxy) is 1. The Hall–Kier alpha value is -0.430. The molecule has 0 aliphatic carbocycles. The average Bonchev–Trinajstić information content (AvgIpc) is 2.32. The Balaban J connectivity index is 3.25. The summed E-state index contributed by atoms with van der Waals surface area (Å²) in [6.07, 6.45) is 0.895. The maximum absolute atomic E-state index is 5.54. The van der Waals surface area contributed by atoms with E-state index in [0.717, 1.165) is 27.3 Å². The number of nitrogens with zero attached hydrogens (tertiary/aromatic N) is 2. The average molecular weight is 377 g/mol. The Morgan fingerprint density at radius 1 is 1.21 bits per heavy atom. The number of hydrogen-bond donors (Lipinski definition) is 1. The van der Waals surface area contributed by atoms with E-state index in [9.17, 15) is 0 Å². The van der Waals surface area contributed by atoms with Gasteiger partial charge in [-0.25, -0.2) is 9.97 Å². The van der Waals surface area contributed by atoms with E-state index < -0.39 is 0 Å². The molecular formula is C14H24IN3O. The van der Waals surface area contributed by atoms with Gasteiger partial charge < -0.3 is 10.1 Å². The van der Waals surface area contributed by atoms with Crippen LogP contribution in [0.4, 0.5) is 5.82 Å². The minimum atomic E-state index is -0.0602. The van der Waals surface area contributed by atoms with E-state index in [1.54, 1.807) is 7.11 Å². The summed E-state index contributed by atoms with van der Waals surface area (Å²) in [4.78, 5) is 9.33. The van der Waals surface area contributed by atoms with Crippen LogP contribution in [0, 0.1) is 15.4 Å². The Morgan fingerprint density at radius 3 is 2.26 bits per heavy atom. The minimum absolute atomic E-state index is 0.0602. The SMILES string of the molecule is CNc1nc(C(OC)C(C)C)nc(CC(C)C)c1I. The highest BCUT2D eigenvalue weighted by molar-refractivity contribution is 14.1. The highest BCUT2D eigenvalue weighted by Crippen LogP contribution is 2.27. The van der Waals surface area contributed by atoms with Crippen molar-refractivity contribution in [2.45, 2.75) is 40.2 Å². The molecule has 0 spiro atoms. The van der Waals surface area contributed by atoms with E-state index in [1.165, 1.54) is 0 Å². The van der Waals surface area contributed by atoms with Gasteiger partial charge in [0.1, 0.15) is 11.9 Å². The molecule has 1 N–H and O–H groups in total. The van der Waals surface area contributed by atoms with Gasteiger partial charge in [-0.2, -0.15) is 0 Å². The molecule has 0 radical (unpaired) electrons. The molecule has 0 aromatic carbocycles. The number of aromatic nitrogens is 2. The molecule has 0 saturated carbocycles. The largest absolute Gasteiger partial charge is 0.373 e. The van der Waals surface area contributed by atoms with Crippen LogP contribution in [0.15, 0.2) is 0 Å². The van der Waals surface area contributed by atoms with E-state index in [2.05, 4.69) is 60.6 Å². The number of rotatable bonds is 6. The zero-order chi connectivity index (χ0) is 14.6. The third kappa shape index (κ3) is 4.27. The van der Waals surface area contributed by atoms with Crippen molar-refractivity contribution < 1.29 is 4.74 Å². The van der Waals surface area contributed by atoms with Crippen LogP contribution in [0.5, 0.6) is 0 Å². The maximum atomic E-state index is 5.54. The van der Waals surface area contributed by atoms with Crippen LogP contribution in [0.25, 0.3) is 0 Å². The third-order valence-corrected chi connectivity index (χ3v) is 4.02. The quantitative estimate of drug-likeness (QED) is 0.769. The molecule has 19 heavy (non-hydrogen) atoms. The van der Waals surface area contributed by atoms with Gasteiger partial charge in [0.25, 0.3) is 0 Å². The predicted molar refractivity (Wildman–Crippen MR) is 87.4 cm³/mol. The summed E-state index contributed by atoms with van der Waals surface area (Å²) in [5, 5.41) is 3.15. The summed E-state index contributed by atoms with van der Waals surface area (Å²) < 4.78 is 6.65. The van der Waals surface area contributed by atoms with Gasteiger partial charge in [0, 0.05) is 14.2 Å². The van der Waals surface area contributed by atoms with Crippen LogP contribution >= 0.6 is 22.6 Å². The Morgan fingerprint density at radius 2 is 1.84 bits per heavy atom. The number of anilines is 1. The van der Waals surface area contributed by atoms with Crippen LogP contribution in [-0.2, 0) is 11.2 Å². The van der Waals surface area contributed by atoms with Gasteiger partial charge in [0.15, 0.2) is 5.82 Å². The van der Waals surface area contributed by atoms with Gasteiger partial charge in [-0.05, 0) is 40.8 Å². The molecule has 1 aromatic rings. The zero-order valence-electron chi connectivity index (χ0n) is 12.6. The van der Waals surface area contributed by atoms with Crippen molar-refractivity contribution in [2.24, 2.45) is 11.8 Å². The molecule has 1 atom stereocenters. The molecular weight excluding hydrogens is 353 g/mol. The van der Waals surface area contributed by atoms with Crippen molar-refractivity contribution in [3.05, 3.63) is 15.1 Å². The fraction of sp³-hybridized carbons (Fsp3) is 0.714. The van der Waals surface area contributed by atoms with Crippen LogP contribution in [-0.4, -0.2) is 24.1 Å². The molecule has 0 amide bonds. The highest BCUT2D eigenvalue weighted by Gasteiger charge is 2.21. The van der Waals surface area contributed by atoms with E-state index in [4.69, 9.17) is 9.72 Å². The van der Waals surface area contributed by atoms with Crippen molar-refractivity contribution in [3.63, 3.8) is 0 Å². The van der Waals surface area contributed by atoms with Gasteiger partial charge >= 0.3 is 0 Å². The third-order valence-electron chi connectivity index (χ3n) is 2.89. The summed E-state index contributed by atoms with van der Waals surface area (Å²) in [5.74, 6) is 2.59. The standard InChI is InChI=1S/C14H24IN3O/c1-8(2)7-10-11(15)13(16-5)18-14(17-10)12(19-6)9(3)4/h8-9,12H,7H2,1-6H3,(H,16,17,18). The molecule has 108 valence electrons. The van der Waals surface area contributed by atoms with Gasteiger partial charge in [0.2, 0.25) is 0 Å². The maximum Gasteiger partial charge on any atom is 0.160 e. The van der Waals surface area contributed by atoms with E-state index >= 15 is 0 Å². The number of methoxy groups -OCH3 is 1. The van der Waals surface area contributed by atoms with E-state index in [1.807, 2.05) is 7.05 Å². The molecule has 0 bridgehead atoms. The Labute approximate surface area is 129 Å². The summed E-state index contributed by atoms with van der Waals surface area (Å²) in [7, 11) is 3.61. The van der Waals surface area contributed by atoms with Crippen molar-refractivity contribution in [1.82, 2.24) is 9.97 Å². The van der Waals surface area contributed by atoms with Crippen molar-refractivity contribution in [2.75, 3.05) is 19.5 Å². The lowest BCUT2D eigenvalue weighted by atomic mass is 10.1. The minimum Gasteiger partial charge on any atom is -0.373 e. The first-order valence-corrected chi connectivity index (χ1v) is 7.75. The second-order valence-corrected chi connectivity index (χ2v) is 6.52. The molecule has 0 aliphatic rings. The Bertz CT molecular complexity index is 421. The van der Waals surface area contributed by atoms with Gasteiger partial charge in [-0.1, -0.05) is 27.7 Å². The number of hydrogen-bond acceptors (Lipinski definition) is 4. The number of nitrogens with one attached hydrogen (secondary N) is 1. The first-order chi connectivity index (χ1) is 8.90. The smallest absolute Gasteiger partial charge is 0.160 e. The van der Waals surface area contributed by atoms with E-state index in [-0.39, 0.29) is 6.10 Å². The topological polar surface area (TPSA) is 47.0 Å². The first kappa shape index (κ1) is 16.6. The molecule has 0 fully saturated rings. The second-order valence-electron chi connectivity index (χ2n) is 5.44. The molecule has 0 saturated heterocycles. The second kappa shape index (κ2) is 7.38. The molecule has 1 unspecified atom stereocenters. The monoisotopic (exact) mass is 377 g/mol. The van der Waals surface area contributed by atoms with Gasteiger partial charge in [0.05, 0.1) is 9.26 Å². The fourth-order valence-corrected chi connectivity index (χ4v) is 2.73. The lowest BCUT2D eigenvalue weighted by Crippen LogP contribution is -2.17. The fourth-order valence-electron chi connectivity index (χ4n) is 2.00. The van der Waals surface area contributed by atoms with Crippen LogP contribution in [0.2, 0.25) is 0 Å². The Kier molecular flexibility index (Phi) is 6.46. The molecule has 1 aromatic heterocycles. The summed E-state index contributed by atoms with van der Waals surface area (Å²) >= 11 is 2.32. The van der Waals surface area contributed by atoms with Crippen LogP contribution in [0.3, 0.4) is 0 Å². The lowest BCUT2D eigenvalue weighted by Gasteiger charge is -2.20. The van der Waals surface area contributed by atoms with Crippen molar-refractivity contribution in [3.8, 4) is 0 Å². The van der Waals surface area contributed by atoms with Crippen LogP contribution in [0.1, 0.15) is 45.3 Å². The normalized spacial score (nSPS) is 13.1. The predicted octanol–water partition coefficient (Wildman–Crippen LogP) is 3.66. The summed E-state index contributed by atoms with van der Waals surface area (Å²) in [5.41, 5.74) is 1.10. The summed E-state index contributed by atoms with van der Waals surface area (Å²) in [6.45, 7) is 8.65. The van der Waals surface area contributed by atoms with Crippen molar-refractivity contribution in [1.29, 1.82) is 0 Å². The summed E-state index contributed by atoms with van der Waals surface area (Å²) in [6, 6.07) is 0. The van der Waals surface area contributed by atoms with Gasteiger partial charge in [-0.3, -0.25) is 0 Å².